The number of carboxylic acids is 1. The van der Waals surface area contributed by atoms with E-state index in [0.717, 1.165) is 36.9 Å². The highest BCUT2D eigenvalue weighted by atomic mass is 16.4. The molecule has 2 heterocycles. The largest absolute Gasteiger partial charge is 0.478 e. The van der Waals surface area contributed by atoms with Gasteiger partial charge >= 0.3 is 5.97 Å². The molecule has 0 amide bonds. The van der Waals surface area contributed by atoms with Gasteiger partial charge in [0.2, 0.25) is 0 Å². The molecule has 1 aromatic carbocycles. The lowest BCUT2D eigenvalue weighted by atomic mass is 9.33. The van der Waals surface area contributed by atoms with Gasteiger partial charge in [-0.1, -0.05) is 65.0 Å². The van der Waals surface area contributed by atoms with Gasteiger partial charge in [-0.2, -0.15) is 0 Å². The molecule has 4 saturated carbocycles. The van der Waals surface area contributed by atoms with Gasteiger partial charge in [-0.3, -0.25) is 4.90 Å². The number of allylic oxidation sites excluding steroid dienone is 3. The molecule has 0 aromatic heterocycles. The number of nitrogens with zero attached hydrogens (tertiary/aromatic N) is 1. The first-order valence-corrected chi connectivity index (χ1v) is 19.7. The fourth-order valence-corrected chi connectivity index (χ4v) is 14.7. The number of aromatic carboxylic acids is 1. The zero-order valence-electron chi connectivity index (χ0n) is 30.8. The van der Waals surface area contributed by atoms with Gasteiger partial charge in [0.1, 0.15) is 0 Å². The first-order valence-electron chi connectivity index (χ1n) is 19.7. The zero-order valence-corrected chi connectivity index (χ0v) is 30.8. The summed E-state index contributed by atoms with van der Waals surface area (Å²) >= 11 is 0. The molecule has 262 valence electrons. The molecule has 3 N–H and O–H groups in total. The van der Waals surface area contributed by atoms with Crippen LogP contribution < -0.4 is 10.6 Å². The number of carboxylic acid groups (broad SMARTS) is 1. The van der Waals surface area contributed by atoms with E-state index in [1.807, 2.05) is 12.1 Å². The molecule has 2 aliphatic heterocycles. The summed E-state index contributed by atoms with van der Waals surface area (Å²) in [5, 5.41) is 17.5. The number of carbonyl (C=O) groups is 1. The first-order chi connectivity index (χ1) is 22.7. The molecule has 5 nitrogen and oxygen atoms in total. The summed E-state index contributed by atoms with van der Waals surface area (Å²) in [6.45, 7) is 24.9. The number of benzene rings is 1. The molecule has 6 fully saturated rings. The number of nitrogens with one attached hydrogen (secondary N) is 2. The molecular weight excluding hydrogens is 590 g/mol. The molecule has 2 saturated heterocycles. The van der Waals surface area contributed by atoms with Gasteiger partial charge in [0.15, 0.2) is 0 Å². The molecular formula is C43H63N3O2. The van der Waals surface area contributed by atoms with Crippen molar-refractivity contribution >= 4 is 11.5 Å². The predicted molar refractivity (Wildman–Crippen MR) is 196 cm³/mol. The van der Waals surface area contributed by atoms with Gasteiger partial charge in [0, 0.05) is 43.8 Å². The van der Waals surface area contributed by atoms with Crippen LogP contribution in [0, 0.1) is 51.2 Å². The van der Waals surface area contributed by atoms with Gasteiger partial charge < -0.3 is 15.7 Å². The van der Waals surface area contributed by atoms with Crippen molar-refractivity contribution in [1.29, 1.82) is 0 Å². The maximum atomic E-state index is 11.6. The standard InChI is InChI=1S/C43H63N3O2/c1-27(2)32-14-19-43(45-22-23-46-26-30-24-31(46)25-44-30)21-20-41(6)34(37(32)43)12-13-36-40(5)17-15-33(28-8-10-29(11-9-28)38(47)48)39(3,4)35(40)16-18-42(36,41)7/h8-11,15,30-32,34-37,44-45H,1,12-14,16-26H2,2-7H3,(H,47,48)/t30-,31?,32-,34+,35?,36?,37?,40-,41+,42+,43-/m0/s1. The number of hydrogen-bond acceptors (Lipinski definition) is 4. The van der Waals surface area contributed by atoms with Crippen LogP contribution in [0.25, 0.3) is 5.57 Å². The van der Waals surface area contributed by atoms with Crippen LogP contribution in [0.1, 0.15) is 122 Å². The van der Waals surface area contributed by atoms with E-state index in [1.165, 1.54) is 94.1 Å². The molecule has 0 spiro atoms. The summed E-state index contributed by atoms with van der Waals surface area (Å²) in [4.78, 5) is 14.3. The lowest BCUT2D eigenvalue weighted by molar-refractivity contribution is -0.219. The third-order valence-corrected chi connectivity index (χ3v) is 17.1. The summed E-state index contributed by atoms with van der Waals surface area (Å²) in [6, 6.07) is 9.15. The van der Waals surface area contributed by atoms with Crippen LogP contribution in [0.4, 0.5) is 0 Å². The molecule has 5 heteroatoms. The van der Waals surface area contributed by atoms with Crippen LogP contribution in [0.5, 0.6) is 0 Å². The van der Waals surface area contributed by atoms with E-state index in [4.69, 9.17) is 0 Å². The lowest BCUT2D eigenvalue weighted by Crippen LogP contribution is -2.68. The Bertz CT molecular complexity index is 1500. The van der Waals surface area contributed by atoms with Crippen molar-refractivity contribution in [2.45, 2.75) is 123 Å². The monoisotopic (exact) mass is 653 g/mol. The van der Waals surface area contributed by atoms with Crippen molar-refractivity contribution in [2.75, 3.05) is 26.2 Å². The average molecular weight is 654 g/mol. The second kappa shape index (κ2) is 11.3. The van der Waals surface area contributed by atoms with Gasteiger partial charge in [0.05, 0.1) is 5.56 Å². The number of rotatable bonds is 7. The smallest absolute Gasteiger partial charge is 0.335 e. The van der Waals surface area contributed by atoms with Crippen LogP contribution in [0.3, 0.4) is 0 Å². The molecule has 5 aliphatic carbocycles. The first kappa shape index (κ1) is 33.2. The summed E-state index contributed by atoms with van der Waals surface area (Å²) in [5.41, 5.74) is 5.70. The fourth-order valence-electron chi connectivity index (χ4n) is 14.7. The highest BCUT2D eigenvalue weighted by molar-refractivity contribution is 5.88. The van der Waals surface area contributed by atoms with E-state index in [9.17, 15) is 9.90 Å². The van der Waals surface area contributed by atoms with Gasteiger partial charge in [0.25, 0.3) is 0 Å². The Balaban J connectivity index is 1.07. The van der Waals surface area contributed by atoms with Crippen molar-refractivity contribution < 1.29 is 9.90 Å². The molecule has 8 rings (SSSR count). The van der Waals surface area contributed by atoms with Crippen LogP contribution in [-0.2, 0) is 0 Å². The van der Waals surface area contributed by atoms with E-state index in [2.05, 4.69) is 69.7 Å². The summed E-state index contributed by atoms with van der Waals surface area (Å²) < 4.78 is 0. The normalized spacial score (nSPS) is 45.9. The van der Waals surface area contributed by atoms with Crippen LogP contribution in [0.15, 0.2) is 42.5 Å². The summed E-state index contributed by atoms with van der Waals surface area (Å²) in [7, 11) is 0. The number of hydrogen-bond donors (Lipinski definition) is 3. The minimum Gasteiger partial charge on any atom is -0.478 e. The van der Waals surface area contributed by atoms with Crippen molar-refractivity contribution in [3.8, 4) is 0 Å². The summed E-state index contributed by atoms with van der Waals surface area (Å²) in [5.74, 6) is 2.60. The molecule has 48 heavy (non-hydrogen) atoms. The lowest BCUT2D eigenvalue weighted by Gasteiger charge is -2.72. The Morgan fingerprint density at radius 1 is 0.979 bits per heavy atom. The molecule has 11 atom stereocenters. The number of fused-ring (bicyclic) bond motifs is 9. The van der Waals surface area contributed by atoms with E-state index >= 15 is 0 Å². The Morgan fingerprint density at radius 3 is 2.42 bits per heavy atom. The second-order valence-electron chi connectivity index (χ2n) is 19.2. The highest BCUT2D eigenvalue weighted by Crippen LogP contribution is 2.76. The Kier molecular flexibility index (Phi) is 7.80. The average Bonchev–Trinajstić information content (AvgIpc) is 3.76. The molecule has 0 radical (unpaired) electrons. The maximum absolute atomic E-state index is 11.6. The second-order valence-corrected chi connectivity index (χ2v) is 19.2. The van der Waals surface area contributed by atoms with E-state index in [0.29, 0.717) is 34.1 Å². The quantitative estimate of drug-likeness (QED) is 0.258. The minimum absolute atomic E-state index is 0.0455. The Labute approximate surface area is 290 Å². The SMILES string of the molecule is C=C(C)[C@@H]1CC[C@]2(NCCN3C[C@@H]4CC3CN4)CC[C@]3(C)[C@H](CCC4[C@@]5(C)CC=C(c6ccc(C(=O)O)cc6)C(C)(C)C5CC[C@]43C)C12. The highest BCUT2D eigenvalue weighted by Gasteiger charge is 2.70. The number of piperazine rings is 1. The van der Waals surface area contributed by atoms with E-state index in [-0.39, 0.29) is 16.4 Å². The third-order valence-electron chi connectivity index (χ3n) is 17.1. The topological polar surface area (TPSA) is 64.6 Å². The summed E-state index contributed by atoms with van der Waals surface area (Å²) in [6.07, 6.45) is 15.7. The molecule has 1 aromatic rings. The predicted octanol–water partition coefficient (Wildman–Crippen LogP) is 8.42. The number of likely N-dealkylation sites (tertiary alicyclic amines) is 1. The minimum atomic E-state index is -0.851. The van der Waals surface area contributed by atoms with E-state index in [1.54, 1.807) is 12.1 Å². The van der Waals surface area contributed by atoms with Crippen LogP contribution >= 0.6 is 0 Å². The maximum Gasteiger partial charge on any atom is 0.335 e. The van der Waals surface area contributed by atoms with Gasteiger partial charge in [-0.05, 0) is 146 Å². The third kappa shape index (κ3) is 4.61. The molecule has 2 bridgehead atoms. The van der Waals surface area contributed by atoms with Gasteiger partial charge in [-0.25, -0.2) is 4.79 Å². The van der Waals surface area contributed by atoms with Gasteiger partial charge in [-0.15, -0.1) is 0 Å². The molecule has 4 unspecified atom stereocenters. The van der Waals surface area contributed by atoms with Crippen molar-refractivity contribution in [2.24, 2.45) is 51.2 Å². The van der Waals surface area contributed by atoms with E-state index < -0.39 is 5.97 Å². The Morgan fingerprint density at radius 2 is 1.75 bits per heavy atom. The molecule has 7 aliphatic rings. The van der Waals surface area contributed by atoms with Crippen molar-refractivity contribution in [1.82, 2.24) is 15.5 Å². The van der Waals surface area contributed by atoms with Crippen molar-refractivity contribution in [3.05, 3.63) is 53.6 Å². The Hall–Kier alpha value is -1.95. The van der Waals surface area contributed by atoms with Crippen LogP contribution in [-0.4, -0.2) is 59.8 Å². The zero-order chi connectivity index (χ0) is 33.9. The fraction of sp³-hybridized carbons (Fsp3) is 0.744. The van der Waals surface area contributed by atoms with Crippen molar-refractivity contribution in [3.63, 3.8) is 0 Å². The van der Waals surface area contributed by atoms with Crippen LogP contribution in [0.2, 0.25) is 0 Å².